The molecule has 0 spiro atoms. The Labute approximate surface area is 107 Å². The molecule has 4 heteroatoms. The van der Waals surface area contributed by atoms with Crippen molar-refractivity contribution in [2.24, 2.45) is 0 Å². The van der Waals surface area contributed by atoms with Gasteiger partial charge in [-0.2, -0.15) is 0 Å². The fourth-order valence-corrected chi connectivity index (χ4v) is 1.83. The number of nitrogens with zero attached hydrogens (tertiary/aromatic N) is 2. The molecule has 2 rings (SSSR count). The standard InChI is InChI=1S/C14H17N3O/c18-10-9-17-14(13-6-2-4-8-16-13)11-12-5-1-3-7-15-12/h1-8,14,17-18H,9-11H2. The van der Waals surface area contributed by atoms with Gasteiger partial charge in [0.25, 0.3) is 0 Å². The van der Waals surface area contributed by atoms with Gasteiger partial charge in [0, 0.05) is 31.1 Å². The van der Waals surface area contributed by atoms with Crippen molar-refractivity contribution >= 4 is 0 Å². The van der Waals surface area contributed by atoms with E-state index in [0.29, 0.717) is 6.54 Å². The summed E-state index contributed by atoms with van der Waals surface area (Å²) in [6, 6.07) is 11.8. The van der Waals surface area contributed by atoms with Crippen LogP contribution in [0.2, 0.25) is 0 Å². The van der Waals surface area contributed by atoms with Crippen LogP contribution in [0.15, 0.2) is 48.8 Å². The molecule has 0 saturated carbocycles. The minimum Gasteiger partial charge on any atom is -0.395 e. The molecule has 2 aromatic rings. The van der Waals surface area contributed by atoms with E-state index in [2.05, 4.69) is 15.3 Å². The third kappa shape index (κ3) is 3.61. The Hall–Kier alpha value is -1.78. The minimum atomic E-state index is 0.0771. The van der Waals surface area contributed by atoms with Crippen LogP contribution in [0.25, 0.3) is 0 Å². The molecule has 0 radical (unpaired) electrons. The van der Waals surface area contributed by atoms with Crippen LogP contribution >= 0.6 is 0 Å². The minimum absolute atomic E-state index is 0.0771. The zero-order valence-electron chi connectivity index (χ0n) is 10.2. The number of pyridine rings is 2. The van der Waals surface area contributed by atoms with Crippen LogP contribution in [-0.2, 0) is 6.42 Å². The summed E-state index contributed by atoms with van der Waals surface area (Å²) >= 11 is 0. The quantitative estimate of drug-likeness (QED) is 0.804. The lowest BCUT2D eigenvalue weighted by Gasteiger charge is -2.17. The summed E-state index contributed by atoms with van der Waals surface area (Å²) in [5, 5.41) is 12.2. The van der Waals surface area contributed by atoms with Crippen molar-refractivity contribution in [3.05, 3.63) is 60.2 Å². The summed E-state index contributed by atoms with van der Waals surface area (Å²) in [6.45, 7) is 0.666. The number of nitrogens with one attached hydrogen (secondary N) is 1. The number of aliphatic hydroxyl groups excluding tert-OH is 1. The first-order chi connectivity index (χ1) is 8.90. The summed E-state index contributed by atoms with van der Waals surface area (Å²) in [5.41, 5.74) is 1.98. The highest BCUT2D eigenvalue weighted by molar-refractivity contribution is 5.13. The topological polar surface area (TPSA) is 58.0 Å². The lowest BCUT2D eigenvalue weighted by molar-refractivity contribution is 0.283. The average molecular weight is 243 g/mol. The molecule has 1 atom stereocenters. The van der Waals surface area contributed by atoms with E-state index in [0.717, 1.165) is 17.8 Å². The number of rotatable bonds is 6. The molecular weight excluding hydrogens is 226 g/mol. The first kappa shape index (κ1) is 12.7. The molecule has 0 amide bonds. The van der Waals surface area contributed by atoms with Crippen LogP contribution in [0.5, 0.6) is 0 Å². The van der Waals surface area contributed by atoms with Crippen molar-refractivity contribution in [3.63, 3.8) is 0 Å². The van der Waals surface area contributed by atoms with E-state index < -0.39 is 0 Å². The van der Waals surface area contributed by atoms with E-state index in [-0.39, 0.29) is 12.6 Å². The van der Waals surface area contributed by atoms with Crippen LogP contribution in [0.3, 0.4) is 0 Å². The van der Waals surface area contributed by atoms with Gasteiger partial charge in [-0.05, 0) is 24.3 Å². The van der Waals surface area contributed by atoms with Crippen LogP contribution in [-0.4, -0.2) is 28.2 Å². The summed E-state index contributed by atoms with van der Waals surface area (Å²) in [4.78, 5) is 8.68. The van der Waals surface area contributed by atoms with Gasteiger partial charge in [0.2, 0.25) is 0 Å². The van der Waals surface area contributed by atoms with Crippen molar-refractivity contribution in [1.82, 2.24) is 15.3 Å². The highest BCUT2D eigenvalue weighted by Crippen LogP contribution is 2.14. The van der Waals surface area contributed by atoms with Gasteiger partial charge < -0.3 is 10.4 Å². The van der Waals surface area contributed by atoms with E-state index in [9.17, 15) is 0 Å². The van der Waals surface area contributed by atoms with Crippen LogP contribution in [0.1, 0.15) is 17.4 Å². The Bertz CT molecular complexity index is 447. The molecule has 0 fully saturated rings. The molecule has 2 N–H and O–H groups in total. The molecule has 0 aromatic carbocycles. The Kier molecular flexibility index (Phi) is 4.81. The normalized spacial score (nSPS) is 12.3. The lowest BCUT2D eigenvalue weighted by atomic mass is 10.1. The fraction of sp³-hybridized carbons (Fsp3) is 0.286. The Morgan fingerprint density at radius 2 is 1.83 bits per heavy atom. The van der Waals surface area contributed by atoms with Gasteiger partial charge in [-0.15, -0.1) is 0 Å². The Morgan fingerprint density at radius 3 is 2.44 bits per heavy atom. The summed E-state index contributed by atoms with van der Waals surface area (Å²) in [5.74, 6) is 0. The molecule has 2 aromatic heterocycles. The SMILES string of the molecule is OCCNC(Cc1ccccn1)c1ccccn1. The lowest BCUT2D eigenvalue weighted by Crippen LogP contribution is -2.27. The predicted octanol–water partition coefficient (Wildman–Crippen LogP) is 1.34. The Morgan fingerprint density at radius 1 is 1.06 bits per heavy atom. The zero-order valence-corrected chi connectivity index (χ0v) is 10.2. The average Bonchev–Trinajstić information content (AvgIpc) is 2.45. The largest absolute Gasteiger partial charge is 0.395 e. The monoisotopic (exact) mass is 243 g/mol. The summed E-state index contributed by atoms with van der Waals surface area (Å²) in [6.07, 6.45) is 4.33. The second kappa shape index (κ2) is 6.83. The molecule has 0 bridgehead atoms. The number of aromatic nitrogens is 2. The predicted molar refractivity (Wildman–Crippen MR) is 70.0 cm³/mol. The zero-order chi connectivity index (χ0) is 12.6. The van der Waals surface area contributed by atoms with E-state index in [1.54, 1.807) is 12.4 Å². The first-order valence-corrected chi connectivity index (χ1v) is 6.05. The van der Waals surface area contributed by atoms with Gasteiger partial charge in [0.15, 0.2) is 0 Å². The molecule has 0 aliphatic carbocycles. The van der Waals surface area contributed by atoms with Crippen molar-refractivity contribution in [3.8, 4) is 0 Å². The first-order valence-electron chi connectivity index (χ1n) is 6.05. The molecule has 1 unspecified atom stereocenters. The van der Waals surface area contributed by atoms with Crippen LogP contribution in [0, 0.1) is 0 Å². The van der Waals surface area contributed by atoms with Gasteiger partial charge >= 0.3 is 0 Å². The molecule has 94 valence electrons. The smallest absolute Gasteiger partial charge is 0.0577 e. The van der Waals surface area contributed by atoms with Crippen LogP contribution < -0.4 is 5.32 Å². The third-order valence-corrected chi connectivity index (χ3v) is 2.69. The number of hydrogen-bond acceptors (Lipinski definition) is 4. The number of hydrogen-bond donors (Lipinski definition) is 2. The molecule has 18 heavy (non-hydrogen) atoms. The van der Waals surface area contributed by atoms with E-state index in [1.807, 2.05) is 36.4 Å². The molecule has 4 nitrogen and oxygen atoms in total. The second-order valence-electron chi connectivity index (χ2n) is 4.01. The summed E-state index contributed by atoms with van der Waals surface area (Å²) in [7, 11) is 0. The molecular formula is C14H17N3O. The highest BCUT2D eigenvalue weighted by atomic mass is 16.3. The maximum atomic E-state index is 8.93. The summed E-state index contributed by atoms with van der Waals surface area (Å²) < 4.78 is 0. The molecule has 2 heterocycles. The molecule has 0 aliphatic rings. The van der Waals surface area contributed by atoms with Crippen molar-refractivity contribution in [2.45, 2.75) is 12.5 Å². The van der Waals surface area contributed by atoms with Gasteiger partial charge in [-0.25, -0.2) is 0 Å². The van der Waals surface area contributed by atoms with Gasteiger partial charge in [0.1, 0.15) is 0 Å². The van der Waals surface area contributed by atoms with E-state index >= 15 is 0 Å². The van der Waals surface area contributed by atoms with E-state index in [4.69, 9.17) is 5.11 Å². The van der Waals surface area contributed by atoms with Gasteiger partial charge in [-0.1, -0.05) is 12.1 Å². The van der Waals surface area contributed by atoms with Crippen LogP contribution in [0.4, 0.5) is 0 Å². The van der Waals surface area contributed by atoms with Gasteiger partial charge in [0.05, 0.1) is 18.3 Å². The van der Waals surface area contributed by atoms with E-state index in [1.165, 1.54) is 0 Å². The molecule has 0 aliphatic heterocycles. The maximum absolute atomic E-state index is 8.93. The fourth-order valence-electron chi connectivity index (χ4n) is 1.83. The second-order valence-corrected chi connectivity index (χ2v) is 4.01. The van der Waals surface area contributed by atoms with Crippen molar-refractivity contribution in [2.75, 3.05) is 13.2 Å². The Balaban J connectivity index is 2.10. The van der Waals surface area contributed by atoms with Crippen molar-refractivity contribution < 1.29 is 5.11 Å². The highest BCUT2D eigenvalue weighted by Gasteiger charge is 2.12. The van der Waals surface area contributed by atoms with Crippen molar-refractivity contribution in [1.29, 1.82) is 0 Å². The number of aliphatic hydroxyl groups is 1. The third-order valence-electron chi connectivity index (χ3n) is 2.69. The van der Waals surface area contributed by atoms with Gasteiger partial charge in [-0.3, -0.25) is 9.97 Å². The molecule has 0 saturated heterocycles. The maximum Gasteiger partial charge on any atom is 0.0577 e.